The van der Waals surface area contributed by atoms with E-state index in [4.69, 9.17) is 9.47 Å². The number of hydrogen-bond donors (Lipinski definition) is 0. The Hall–Kier alpha value is -2.51. The van der Waals surface area contributed by atoms with Crippen LogP contribution in [-0.4, -0.2) is 59.6 Å². The number of nitrogens with zero attached hydrogens (tertiary/aromatic N) is 4. The second kappa shape index (κ2) is 7.14. The van der Waals surface area contributed by atoms with Crippen LogP contribution in [0.5, 0.6) is 0 Å². The van der Waals surface area contributed by atoms with Gasteiger partial charge in [0.15, 0.2) is 17.3 Å². The van der Waals surface area contributed by atoms with Crippen molar-refractivity contribution in [2.24, 2.45) is 0 Å². The van der Waals surface area contributed by atoms with Crippen LogP contribution in [0.2, 0.25) is 0 Å². The maximum Gasteiger partial charge on any atom is 0.274 e. The summed E-state index contributed by atoms with van der Waals surface area (Å²) in [6.45, 7) is 4.25. The first-order valence-electron chi connectivity index (χ1n) is 9.95. The van der Waals surface area contributed by atoms with Gasteiger partial charge in [-0.25, -0.2) is 0 Å². The molecule has 1 aromatic heterocycles. The maximum absolute atomic E-state index is 12.8. The summed E-state index contributed by atoms with van der Waals surface area (Å²) in [5.41, 5.74) is 3.12. The molecular weight excluding hydrogens is 356 g/mol. The van der Waals surface area contributed by atoms with Gasteiger partial charge in [-0.05, 0) is 29.7 Å². The van der Waals surface area contributed by atoms with Gasteiger partial charge in [0.2, 0.25) is 0 Å². The van der Waals surface area contributed by atoms with E-state index >= 15 is 0 Å². The van der Waals surface area contributed by atoms with E-state index in [1.54, 1.807) is 6.07 Å². The van der Waals surface area contributed by atoms with Crippen molar-refractivity contribution in [3.05, 3.63) is 53.2 Å². The van der Waals surface area contributed by atoms with Gasteiger partial charge in [-0.1, -0.05) is 24.3 Å². The van der Waals surface area contributed by atoms with Crippen molar-refractivity contribution < 1.29 is 14.3 Å². The predicted molar refractivity (Wildman–Crippen MR) is 103 cm³/mol. The Morgan fingerprint density at radius 1 is 0.929 bits per heavy atom. The molecule has 5 rings (SSSR count). The second-order valence-electron chi connectivity index (χ2n) is 7.62. The van der Waals surface area contributed by atoms with Gasteiger partial charge in [-0.15, -0.1) is 10.2 Å². The normalized spacial score (nSPS) is 21.0. The Morgan fingerprint density at radius 2 is 1.68 bits per heavy atom. The molecule has 28 heavy (non-hydrogen) atoms. The first-order valence-corrected chi connectivity index (χ1v) is 9.95. The summed E-state index contributed by atoms with van der Waals surface area (Å²) in [4.78, 5) is 16.8. The number of aromatic nitrogens is 2. The van der Waals surface area contributed by atoms with Crippen LogP contribution in [0, 0.1) is 0 Å². The zero-order valence-electron chi connectivity index (χ0n) is 15.8. The van der Waals surface area contributed by atoms with E-state index < -0.39 is 5.79 Å². The van der Waals surface area contributed by atoms with Crippen molar-refractivity contribution in [2.45, 2.75) is 31.6 Å². The number of anilines is 1. The molecule has 3 aliphatic rings. The van der Waals surface area contributed by atoms with Gasteiger partial charge in [0.25, 0.3) is 5.91 Å². The number of piperidine rings is 1. The van der Waals surface area contributed by atoms with Crippen molar-refractivity contribution in [1.29, 1.82) is 0 Å². The first kappa shape index (κ1) is 17.6. The number of ether oxygens (including phenoxy) is 2. The van der Waals surface area contributed by atoms with Crippen LogP contribution in [0.25, 0.3) is 0 Å². The number of carbonyl (C=O) groups excluding carboxylic acids is 1. The summed E-state index contributed by atoms with van der Waals surface area (Å²) >= 11 is 0. The van der Waals surface area contributed by atoms with Crippen LogP contribution >= 0.6 is 0 Å². The number of amides is 1. The minimum Gasteiger partial charge on any atom is -0.350 e. The third-order valence-corrected chi connectivity index (χ3v) is 5.95. The van der Waals surface area contributed by atoms with Crippen molar-refractivity contribution in [1.82, 2.24) is 15.1 Å². The van der Waals surface area contributed by atoms with Crippen LogP contribution < -0.4 is 4.90 Å². The summed E-state index contributed by atoms with van der Waals surface area (Å²) in [5, 5.41) is 8.57. The molecule has 4 heterocycles. The Bertz CT molecular complexity index is 854. The molecule has 0 N–H and O–H groups in total. The number of benzene rings is 1. The summed E-state index contributed by atoms with van der Waals surface area (Å²) in [5.74, 6) is 0.268. The molecule has 0 saturated carbocycles. The molecule has 1 aromatic carbocycles. The lowest BCUT2D eigenvalue weighted by Crippen LogP contribution is -2.47. The molecule has 2 saturated heterocycles. The molecule has 7 nitrogen and oxygen atoms in total. The number of likely N-dealkylation sites (tertiary alicyclic amines) is 1. The van der Waals surface area contributed by atoms with E-state index in [-0.39, 0.29) is 5.91 Å². The molecular formula is C21H24N4O3. The number of carbonyl (C=O) groups is 1. The molecule has 146 valence electrons. The monoisotopic (exact) mass is 380 g/mol. The molecule has 0 bridgehead atoms. The maximum atomic E-state index is 12.8. The highest BCUT2D eigenvalue weighted by Crippen LogP contribution is 2.31. The highest BCUT2D eigenvalue weighted by atomic mass is 16.7. The van der Waals surface area contributed by atoms with Crippen molar-refractivity contribution >= 4 is 11.7 Å². The Balaban J connectivity index is 1.24. The zero-order valence-corrected chi connectivity index (χ0v) is 15.8. The Morgan fingerprint density at radius 3 is 2.39 bits per heavy atom. The molecule has 1 spiro atoms. The molecule has 0 radical (unpaired) electrons. The fourth-order valence-electron chi connectivity index (χ4n) is 4.30. The predicted octanol–water partition coefficient (Wildman–Crippen LogP) is 2.02. The second-order valence-corrected chi connectivity index (χ2v) is 7.62. The molecule has 2 fully saturated rings. The molecule has 7 heteroatoms. The van der Waals surface area contributed by atoms with Gasteiger partial charge >= 0.3 is 0 Å². The van der Waals surface area contributed by atoms with Crippen LogP contribution in [0.3, 0.4) is 0 Å². The summed E-state index contributed by atoms with van der Waals surface area (Å²) < 4.78 is 11.5. The molecule has 0 aliphatic carbocycles. The lowest BCUT2D eigenvalue weighted by atomic mass is 10.00. The standard InChI is InChI=1S/C21H24N4O3/c26-20(24-11-8-21(9-12-24)27-13-14-28-21)18-5-6-19(23-22-18)25-10-7-16-3-1-2-4-17(16)15-25/h1-6H,7-15H2. The average Bonchev–Trinajstić information content (AvgIpc) is 3.21. The first-order chi connectivity index (χ1) is 13.7. The summed E-state index contributed by atoms with van der Waals surface area (Å²) in [6, 6.07) is 12.2. The van der Waals surface area contributed by atoms with Crippen molar-refractivity contribution in [3.63, 3.8) is 0 Å². The largest absolute Gasteiger partial charge is 0.350 e. The highest BCUT2D eigenvalue weighted by molar-refractivity contribution is 5.92. The van der Waals surface area contributed by atoms with Crippen molar-refractivity contribution in [3.8, 4) is 0 Å². The number of fused-ring (bicyclic) bond motifs is 1. The lowest BCUT2D eigenvalue weighted by molar-refractivity contribution is -0.181. The quantitative estimate of drug-likeness (QED) is 0.794. The minimum absolute atomic E-state index is 0.0733. The molecule has 0 atom stereocenters. The number of hydrogen-bond acceptors (Lipinski definition) is 6. The smallest absolute Gasteiger partial charge is 0.274 e. The lowest BCUT2D eigenvalue weighted by Gasteiger charge is -2.37. The van der Waals surface area contributed by atoms with Crippen LogP contribution in [-0.2, 0) is 22.4 Å². The van der Waals surface area contributed by atoms with Gasteiger partial charge in [-0.3, -0.25) is 4.79 Å². The van der Waals surface area contributed by atoms with Gasteiger partial charge in [0.05, 0.1) is 13.2 Å². The highest BCUT2D eigenvalue weighted by Gasteiger charge is 2.41. The summed E-state index contributed by atoms with van der Waals surface area (Å²) in [7, 11) is 0. The molecule has 1 amide bonds. The SMILES string of the molecule is O=C(c1ccc(N2CCc3ccccc3C2)nn1)N1CCC2(CC1)OCCO2. The van der Waals surface area contributed by atoms with Crippen molar-refractivity contribution in [2.75, 3.05) is 37.7 Å². The van der Waals surface area contributed by atoms with E-state index in [2.05, 4.69) is 39.4 Å². The van der Waals surface area contributed by atoms with Gasteiger partial charge in [0.1, 0.15) is 0 Å². The van der Waals surface area contributed by atoms with Gasteiger partial charge in [-0.2, -0.15) is 0 Å². The Labute approximate surface area is 164 Å². The molecule has 2 aromatic rings. The third-order valence-electron chi connectivity index (χ3n) is 5.95. The van der Waals surface area contributed by atoms with E-state index in [9.17, 15) is 4.79 Å². The third kappa shape index (κ3) is 3.25. The topological polar surface area (TPSA) is 67.8 Å². The molecule has 3 aliphatic heterocycles. The minimum atomic E-state index is -0.475. The molecule has 0 unspecified atom stereocenters. The Kier molecular flexibility index (Phi) is 4.49. The van der Waals surface area contributed by atoms with Crippen LogP contribution in [0.15, 0.2) is 36.4 Å². The average molecular weight is 380 g/mol. The van der Waals surface area contributed by atoms with Gasteiger partial charge < -0.3 is 19.3 Å². The number of rotatable bonds is 2. The zero-order chi connectivity index (χ0) is 19.0. The van der Waals surface area contributed by atoms with E-state index in [1.165, 1.54) is 11.1 Å². The fourth-order valence-corrected chi connectivity index (χ4v) is 4.30. The van der Waals surface area contributed by atoms with Gasteiger partial charge in [0, 0.05) is 39.0 Å². The summed E-state index contributed by atoms with van der Waals surface area (Å²) in [6.07, 6.45) is 2.41. The van der Waals surface area contributed by atoms with Crippen LogP contribution in [0.1, 0.15) is 34.5 Å². The van der Waals surface area contributed by atoms with E-state index in [1.807, 2.05) is 11.0 Å². The van der Waals surface area contributed by atoms with E-state index in [0.29, 0.717) is 44.8 Å². The fraction of sp³-hybridized carbons (Fsp3) is 0.476. The van der Waals surface area contributed by atoms with E-state index in [0.717, 1.165) is 25.3 Å². The van der Waals surface area contributed by atoms with Crippen LogP contribution in [0.4, 0.5) is 5.82 Å².